The van der Waals surface area contributed by atoms with Gasteiger partial charge in [0.05, 0.1) is 5.56 Å². The van der Waals surface area contributed by atoms with Crippen molar-refractivity contribution in [1.82, 2.24) is 4.90 Å². The van der Waals surface area contributed by atoms with E-state index in [-0.39, 0.29) is 12.0 Å². The van der Waals surface area contributed by atoms with Crippen molar-refractivity contribution in [2.45, 2.75) is 13.8 Å². The maximum atomic E-state index is 12.1. The van der Waals surface area contributed by atoms with Crippen molar-refractivity contribution < 1.29 is 14.3 Å². The summed E-state index contributed by atoms with van der Waals surface area (Å²) < 4.78 is 6.23. The number of esters is 1. The highest BCUT2D eigenvalue weighted by Gasteiger charge is 2.09. The van der Waals surface area contributed by atoms with E-state index in [4.69, 9.17) is 4.74 Å². The van der Waals surface area contributed by atoms with Crippen LogP contribution in [0, 0.1) is 0 Å². The van der Waals surface area contributed by atoms with Crippen LogP contribution in [0.25, 0.3) is 0 Å². The number of likely N-dealkylation sites (N-methyl/N-ethyl adjacent to an activating group) is 1. The summed E-state index contributed by atoms with van der Waals surface area (Å²) in [5.74, 6) is -0.368. The van der Waals surface area contributed by atoms with Crippen molar-refractivity contribution in [2.75, 3.05) is 36.9 Å². The van der Waals surface area contributed by atoms with Crippen LogP contribution in [0.4, 0.5) is 16.2 Å². The fourth-order valence-electron chi connectivity index (χ4n) is 2.41. The van der Waals surface area contributed by atoms with Gasteiger partial charge in [0.1, 0.15) is 6.61 Å². The van der Waals surface area contributed by atoms with Crippen LogP contribution in [0.15, 0.2) is 53.0 Å². The van der Waals surface area contributed by atoms with Gasteiger partial charge in [-0.1, -0.05) is 29.8 Å². The Morgan fingerprint density at radius 2 is 1.44 bits per heavy atom. The van der Waals surface area contributed by atoms with E-state index >= 15 is 0 Å². The van der Waals surface area contributed by atoms with Gasteiger partial charge in [0.15, 0.2) is 0 Å². The maximum Gasteiger partial charge on any atom is 0.338 e. The lowest BCUT2D eigenvalue weighted by molar-refractivity contribution is 0.0466. The number of benzene rings is 2. The van der Waals surface area contributed by atoms with E-state index < -0.39 is 0 Å². The van der Waals surface area contributed by atoms with Crippen LogP contribution in [0.1, 0.15) is 24.2 Å². The molecule has 0 aliphatic carbocycles. The van der Waals surface area contributed by atoms with Crippen molar-refractivity contribution in [2.24, 2.45) is 0 Å². The van der Waals surface area contributed by atoms with Gasteiger partial charge in [0.25, 0.3) is 0 Å². The molecule has 6 nitrogen and oxygen atoms in total. The second kappa shape index (κ2) is 10.7. The molecule has 0 heterocycles. The largest absolute Gasteiger partial charge is 0.461 e. The van der Waals surface area contributed by atoms with Crippen LogP contribution in [0.2, 0.25) is 0 Å². The van der Waals surface area contributed by atoms with Gasteiger partial charge in [0, 0.05) is 22.4 Å². The number of urea groups is 1. The van der Waals surface area contributed by atoms with E-state index in [9.17, 15) is 9.59 Å². The summed E-state index contributed by atoms with van der Waals surface area (Å²) in [6, 6.07) is 13.5. The standard InChI is InChI=1S/C20H24BrN3O3/c1-3-24(4-2)13-14-27-19(25)15-5-9-17(10-6-15)22-20(26)23-18-11-7-16(21)8-12-18/h5-12H,3-4,13-14H2,1-2H3,(H2,22,23,26). The number of rotatable bonds is 8. The van der Waals surface area contributed by atoms with E-state index in [1.165, 1.54) is 0 Å². The summed E-state index contributed by atoms with van der Waals surface area (Å²) >= 11 is 3.35. The molecule has 0 bridgehead atoms. The van der Waals surface area contributed by atoms with E-state index in [0.717, 1.165) is 17.6 Å². The normalized spacial score (nSPS) is 10.5. The predicted octanol–water partition coefficient (Wildman–Crippen LogP) is 4.59. The molecule has 144 valence electrons. The number of nitrogens with one attached hydrogen (secondary N) is 2. The van der Waals surface area contributed by atoms with Gasteiger partial charge in [-0.25, -0.2) is 9.59 Å². The van der Waals surface area contributed by atoms with Crippen LogP contribution in [0.5, 0.6) is 0 Å². The Labute approximate surface area is 168 Å². The van der Waals surface area contributed by atoms with Gasteiger partial charge in [-0.05, 0) is 61.6 Å². The Morgan fingerprint density at radius 3 is 1.96 bits per heavy atom. The van der Waals surface area contributed by atoms with Crippen LogP contribution in [-0.4, -0.2) is 43.1 Å². The molecule has 2 amide bonds. The fraction of sp³-hybridized carbons (Fsp3) is 0.300. The van der Waals surface area contributed by atoms with E-state index in [2.05, 4.69) is 45.3 Å². The summed E-state index contributed by atoms with van der Waals surface area (Å²) in [7, 11) is 0. The molecule has 0 fully saturated rings. The zero-order chi connectivity index (χ0) is 19.6. The lowest BCUT2D eigenvalue weighted by Crippen LogP contribution is -2.27. The topological polar surface area (TPSA) is 70.7 Å². The number of carbonyl (C=O) groups excluding carboxylic acids is 2. The van der Waals surface area contributed by atoms with Crippen molar-refractivity contribution in [1.29, 1.82) is 0 Å². The lowest BCUT2D eigenvalue weighted by atomic mass is 10.2. The third-order valence-electron chi connectivity index (χ3n) is 4.02. The number of hydrogen-bond donors (Lipinski definition) is 2. The summed E-state index contributed by atoms with van der Waals surface area (Å²) in [5.41, 5.74) is 1.72. The zero-order valence-electron chi connectivity index (χ0n) is 15.5. The number of anilines is 2. The Kier molecular flexibility index (Phi) is 8.29. The SMILES string of the molecule is CCN(CC)CCOC(=O)c1ccc(NC(=O)Nc2ccc(Br)cc2)cc1. The third kappa shape index (κ3) is 7.03. The van der Waals surface area contributed by atoms with Gasteiger partial charge < -0.3 is 20.3 Å². The average molecular weight is 434 g/mol. The molecule has 0 spiro atoms. The predicted molar refractivity (Wildman–Crippen MR) is 111 cm³/mol. The highest BCUT2D eigenvalue weighted by Crippen LogP contribution is 2.15. The van der Waals surface area contributed by atoms with Crippen molar-refractivity contribution >= 4 is 39.3 Å². The fourth-order valence-corrected chi connectivity index (χ4v) is 2.67. The van der Waals surface area contributed by atoms with Crippen LogP contribution in [0.3, 0.4) is 0 Å². The molecule has 2 aromatic rings. The smallest absolute Gasteiger partial charge is 0.338 e. The minimum atomic E-state index is -0.368. The van der Waals surface area contributed by atoms with Gasteiger partial charge in [0.2, 0.25) is 0 Å². The zero-order valence-corrected chi connectivity index (χ0v) is 17.1. The number of carbonyl (C=O) groups is 2. The highest BCUT2D eigenvalue weighted by molar-refractivity contribution is 9.10. The molecule has 0 saturated heterocycles. The molecule has 0 atom stereocenters. The minimum absolute atomic E-state index is 0.355. The molecule has 2 aromatic carbocycles. The van der Waals surface area contributed by atoms with Gasteiger partial charge >= 0.3 is 12.0 Å². The Morgan fingerprint density at radius 1 is 0.926 bits per heavy atom. The summed E-state index contributed by atoms with van der Waals surface area (Å²) in [5, 5.41) is 5.46. The van der Waals surface area contributed by atoms with Crippen molar-refractivity contribution in [3.8, 4) is 0 Å². The number of hydrogen-bond acceptors (Lipinski definition) is 4. The molecular weight excluding hydrogens is 410 g/mol. The summed E-state index contributed by atoms with van der Waals surface area (Å²) in [6.07, 6.45) is 0. The first-order valence-corrected chi connectivity index (χ1v) is 9.64. The van der Waals surface area contributed by atoms with Gasteiger partial charge in [-0.15, -0.1) is 0 Å². The second-order valence-electron chi connectivity index (χ2n) is 5.83. The molecule has 7 heteroatoms. The monoisotopic (exact) mass is 433 g/mol. The van der Waals surface area contributed by atoms with Crippen LogP contribution >= 0.6 is 15.9 Å². The first kappa shape index (κ1) is 20.9. The molecule has 2 N–H and O–H groups in total. The van der Waals surface area contributed by atoms with E-state index in [1.54, 1.807) is 36.4 Å². The van der Waals surface area contributed by atoms with E-state index in [0.29, 0.717) is 30.1 Å². The summed E-state index contributed by atoms with van der Waals surface area (Å²) in [4.78, 5) is 26.3. The first-order chi connectivity index (χ1) is 13.0. The molecular formula is C20H24BrN3O3. The number of halogens is 1. The number of nitrogens with zero attached hydrogens (tertiary/aromatic N) is 1. The van der Waals surface area contributed by atoms with Crippen LogP contribution < -0.4 is 10.6 Å². The van der Waals surface area contributed by atoms with E-state index in [1.807, 2.05) is 12.1 Å². The minimum Gasteiger partial charge on any atom is -0.461 e. The Bertz CT molecular complexity index is 744. The molecule has 0 radical (unpaired) electrons. The second-order valence-corrected chi connectivity index (χ2v) is 6.74. The molecule has 0 aromatic heterocycles. The summed E-state index contributed by atoms with van der Waals surface area (Å²) in [6.45, 7) is 7.08. The number of amides is 2. The maximum absolute atomic E-state index is 12.1. The Balaban J connectivity index is 1.82. The Hall–Kier alpha value is -2.38. The average Bonchev–Trinajstić information content (AvgIpc) is 2.67. The van der Waals surface area contributed by atoms with Gasteiger partial charge in [-0.3, -0.25) is 0 Å². The quantitative estimate of drug-likeness (QED) is 0.597. The first-order valence-electron chi connectivity index (χ1n) is 8.85. The van der Waals surface area contributed by atoms with Crippen molar-refractivity contribution in [3.63, 3.8) is 0 Å². The molecule has 0 unspecified atom stereocenters. The molecule has 2 rings (SSSR count). The third-order valence-corrected chi connectivity index (χ3v) is 4.54. The molecule has 0 aliphatic heterocycles. The lowest BCUT2D eigenvalue weighted by Gasteiger charge is -2.17. The van der Waals surface area contributed by atoms with Crippen molar-refractivity contribution in [3.05, 3.63) is 58.6 Å². The molecule has 27 heavy (non-hydrogen) atoms. The molecule has 0 aliphatic rings. The van der Waals surface area contributed by atoms with Gasteiger partial charge in [-0.2, -0.15) is 0 Å². The van der Waals surface area contributed by atoms with Crippen LogP contribution in [-0.2, 0) is 4.74 Å². The number of ether oxygens (including phenoxy) is 1. The highest BCUT2D eigenvalue weighted by atomic mass is 79.9. The molecule has 0 saturated carbocycles.